The topological polar surface area (TPSA) is 66.8 Å². The number of fused-ring (bicyclic) bond motifs is 2. The van der Waals surface area contributed by atoms with Crippen molar-refractivity contribution in [3.05, 3.63) is 89.0 Å². The number of sulfonamides is 1. The highest BCUT2D eigenvalue weighted by atomic mass is 32.2. The minimum absolute atomic E-state index is 0.108. The minimum Gasteiger partial charge on any atom is -0.497 e. The molecule has 0 amide bonds. The summed E-state index contributed by atoms with van der Waals surface area (Å²) in [5.41, 5.74) is 3.40. The lowest BCUT2D eigenvalue weighted by molar-refractivity contribution is 0.220. The Morgan fingerprint density at radius 3 is 2.43 bits per heavy atom. The van der Waals surface area contributed by atoms with Gasteiger partial charge in [-0.25, -0.2) is 8.42 Å². The van der Waals surface area contributed by atoms with Crippen LogP contribution >= 0.6 is 0 Å². The highest BCUT2D eigenvalue weighted by Crippen LogP contribution is 2.40. The van der Waals surface area contributed by atoms with Crippen molar-refractivity contribution in [2.75, 3.05) is 11.4 Å². The van der Waals surface area contributed by atoms with E-state index in [4.69, 9.17) is 4.74 Å². The summed E-state index contributed by atoms with van der Waals surface area (Å²) in [5.74, 6) is 0.615. The number of benzene rings is 3. The summed E-state index contributed by atoms with van der Waals surface area (Å²) in [6, 6.07) is 19.2. The van der Waals surface area contributed by atoms with Gasteiger partial charge >= 0.3 is 0 Å². The number of aryl methyl sites for hydroxylation is 1. The van der Waals surface area contributed by atoms with Gasteiger partial charge in [-0.1, -0.05) is 42.0 Å². The molecule has 0 spiro atoms. The smallest absolute Gasteiger partial charge is 0.264 e. The van der Waals surface area contributed by atoms with Gasteiger partial charge in [-0.2, -0.15) is 0 Å². The normalized spacial score (nSPS) is 16.1. The Morgan fingerprint density at radius 2 is 1.71 bits per heavy atom. The average Bonchev–Trinajstić information content (AvgIpc) is 2.83. The van der Waals surface area contributed by atoms with Gasteiger partial charge in [-0.05, 0) is 48.4 Å². The fraction of sp³-hybridized carbons (Fsp3) is 0.182. The third kappa shape index (κ3) is 3.04. The first kappa shape index (κ1) is 18.5. The van der Waals surface area contributed by atoms with Gasteiger partial charge in [-0.15, -0.1) is 0 Å². The van der Waals surface area contributed by atoms with Crippen LogP contribution in [0.5, 0.6) is 5.75 Å². The Morgan fingerprint density at radius 1 is 1.00 bits per heavy atom. The molecule has 28 heavy (non-hydrogen) atoms. The molecule has 0 aromatic heterocycles. The van der Waals surface area contributed by atoms with Crippen LogP contribution in [0.1, 0.15) is 28.4 Å². The second kappa shape index (κ2) is 6.96. The van der Waals surface area contributed by atoms with Crippen LogP contribution in [-0.2, 0) is 16.6 Å². The van der Waals surface area contributed by atoms with Crippen LogP contribution < -0.4 is 9.04 Å². The van der Waals surface area contributed by atoms with Crippen LogP contribution in [0.2, 0.25) is 0 Å². The van der Waals surface area contributed by atoms with Crippen LogP contribution in [0.15, 0.2) is 71.6 Å². The Balaban J connectivity index is 1.93. The Labute approximate surface area is 164 Å². The molecular formula is C22H21NO4S. The maximum atomic E-state index is 13.5. The molecule has 0 saturated heterocycles. The lowest BCUT2D eigenvalue weighted by Crippen LogP contribution is -2.30. The van der Waals surface area contributed by atoms with E-state index in [1.165, 1.54) is 4.31 Å². The van der Waals surface area contributed by atoms with Crippen molar-refractivity contribution in [2.45, 2.75) is 24.5 Å². The summed E-state index contributed by atoms with van der Waals surface area (Å²) in [6.07, 6.45) is -0.921. The molecule has 0 unspecified atom stereocenters. The molecule has 0 bridgehead atoms. The van der Waals surface area contributed by atoms with Gasteiger partial charge in [0, 0.05) is 5.56 Å². The lowest BCUT2D eigenvalue weighted by Gasteiger charge is -2.25. The van der Waals surface area contributed by atoms with Crippen LogP contribution in [0, 0.1) is 6.92 Å². The molecule has 3 aromatic rings. The van der Waals surface area contributed by atoms with E-state index in [2.05, 4.69) is 0 Å². The number of methoxy groups -OCH3 is 1. The highest BCUT2D eigenvalue weighted by Gasteiger charge is 2.33. The summed E-state index contributed by atoms with van der Waals surface area (Å²) in [7, 11) is -2.26. The van der Waals surface area contributed by atoms with E-state index in [1.807, 2.05) is 6.92 Å². The van der Waals surface area contributed by atoms with Crippen molar-refractivity contribution in [1.82, 2.24) is 0 Å². The Bertz CT molecular complexity index is 1120. The number of aliphatic hydroxyl groups is 1. The van der Waals surface area contributed by atoms with Crippen LogP contribution in [0.3, 0.4) is 0 Å². The molecule has 3 aromatic carbocycles. The molecule has 1 heterocycles. The van der Waals surface area contributed by atoms with Gasteiger partial charge in [0.05, 0.1) is 24.2 Å². The van der Waals surface area contributed by atoms with Crippen molar-refractivity contribution in [3.63, 3.8) is 0 Å². The third-order valence-corrected chi connectivity index (χ3v) is 6.84. The third-order valence-electron chi connectivity index (χ3n) is 5.07. The molecule has 4 rings (SSSR count). The van der Waals surface area contributed by atoms with Crippen molar-refractivity contribution in [2.24, 2.45) is 0 Å². The quantitative estimate of drug-likeness (QED) is 0.733. The molecular weight excluding hydrogens is 374 g/mol. The second-order valence-corrected chi connectivity index (χ2v) is 8.71. The molecule has 6 heteroatoms. The fourth-order valence-corrected chi connectivity index (χ4v) is 4.99. The number of rotatable bonds is 3. The number of hydrogen-bond donors (Lipinski definition) is 1. The second-order valence-electron chi connectivity index (χ2n) is 6.85. The number of anilines is 1. The van der Waals surface area contributed by atoms with Gasteiger partial charge in [0.2, 0.25) is 0 Å². The molecule has 0 aliphatic carbocycles. The van der Waals surface area contributed by atoms with Gasteiger partial charge in [0.25, 0.3) is 10.0 Å². The standard InChI is InChI=1S/C22H21NO4S/c1-15-7-10-18(11-8-15)28(25,26)23-14-16-13-17(27-2)9-12-19(16)22(24)20-5-3-4-6-21(20)23/h3-13,22,24H,14H2,1-2H3/t22-/m1/s1. The monoisotopic (exact) mass is 395 g/mol. The molecule has 0 saturated carbocycles. The molecule has 0 radical (unpaired) electrons. The predicted octanol–water partition coefficient (Wildman–Crippen LogP) is 3.79. The molecule has 0 fully saturated rings. The van der Waals surface area contributed by atoms with Crippen molar-refractivity contribution in [1.29, 1.82) is 0 Å². The Kier molecular flexibility index (Phi) is 4.61. The summed E-state index contributed by atoms with van der Waals surface area (Å²) < 4.78 is 33.7. The highest BCUT2D eigenvalue weighted by molar-refractivity contribution is 7.92. The van der Waals surface area contributed by atoms with E-state index >= 15 is 0 Å². The van der Waals surface area contributed by atoms with Gasteiger partial charge in [0.15, 0.2) is 0 Å². The number of nitrogens with zero attached hydrogens (tertiary/aromatic N) is 1. The summed E-state index contributed by atoms with van der Waals surface area (Å²) >= 11 is 0. The zero-order valence-corrected chi connectivity index (χ0v) is 16.5. The van der Waals surface area contributed by atoms with E-state index < -0.39 is 16.1 Å². The molecule has 1 aliphatic rings. The first-order valence-corrected chi connectivity index (χ1v) is 10.4. The molecule has 144 valence electrons. The van der Waals surface area contributed by atoms with Crippen molar-refractivity contribution in [3.8, 4) is 5.75 Å². The SMILES string of the molecule is COc1ccc2c(c1)CN(S(=O)(=O)c1ccc(C)cc1)c1ccccc1[C@@H]2O. The number of hydrogen-bond acceptors (Lipinski definition) is 4. The van der Waals surface area contributed by atoms with E-state index in [0.29, 0.717) is 28.1 Å². The molecule has 1 aliphatic heterocycles. The summed E-state index contributed by atoms with van der Waals surface area (Å²) in [4.78, 5) is 0.216. The predicted molar refractivity (Wildman–Crippen MR) is 108 cm³/mol. The number of para-hydroxylation sites is 1. The van der Waals surface area contributed by atoms with Gasteiger partial charge < -0.3 is 9.84 Å². The van der Waals surface area contributed by atoms with Gasteiger partial charge in [0.1, 0.15) is 11.9 Å². The zero-order valence-electron chi connectivity index (χ0n) is 15.7. The largest absolute Gasteiger partial charge is 0.497 e. The molecule has 5 nitrogen and oxygen atoms in total. The van der Waals surface area contributed by atoms with E-state index in [-0.39, 0.29) is 11.4 Å². The van der Waals surface area contributed by atoms with E-state index in [1.54, 1.807) is 73.8 Å². The van der Waals surface area contributed by atoms with Crippen LogP contribution in [-0.4, -0.2) is 20.6 Å². The van der Waals surface area contributed by atoms with E-state index in [0.717, 1.165) is 5.56 Å². The maximum absolute atomic E-state index is 13.5. The number of aliphatic hydroxyl groups excluding tert-OH is 1. The fourth-order valence-electron chi connectivity index (χ4n) is 3.52. The first-order chi connectivity index (χ1) is 13.4. The van der Waals surface area contributed by atoms with Crippen molar-refractivity contribution < 1.29 is 18.3 Å². The molecule has 1 atom stereocenters. The lowest BCUT2D eigenvalue weighted by atomic mass is 9.97. The Hall–Kier alpha value is -2.83. The number of ether oxygens (including phenoxy) is 1. The summed E-state index contributed by atoms with van der Waals surface area (Å²) in [5, 5.41) is 11.0. The van der Waals surface area contributed by atoms with E-state index in [9.17, 15) is 13.5 Å². The molecule has 1 N–H and O–H groups in total. The van der Waals surface area contributed by atoms with Crippen LogP contribution in [0.25, 0.3) is 0 Å². The zero-order chi connectivity index (χ0) is 19.9. The van der Waals surface area contributed by atoms with Crippen LogP contribution in [0.4, 0.5) is 5.69 Å². The summed E-state index contributed by atoms with van der Waals surface area (Å²) in [6.45, 7) is 2.02. The average molecular weight is 395 g/mol. The minimum atomic E-state index is -3.82. The maximum Gasteiger partial charge on any atom is 0.264 e. The van der Waals surface area contributed by atoms with Gasteiger partial charge in [-0.3, -0.25) is 4.31 Å². The van der Waals surface area contributed by atoms with Crippen molar-refractivity contribution >= 4 is 15.7 Å². The first-order valence-electron chi connectivity index (χ1n) is 8.95.